The molecule has 1 saturated heterocycles. The van der Waals surface area contributed by atoms with Gasteiger partial charge in [-0.05, 0) is 38.8 Å². The van der Waals surface area contributed by atoms with Crippen molar-refractivity contribution in [1.82, 2.24) is 4.90 Å². The molecule has 1 aliphatic heterocycles. The van der Waals surface area contributed by atoms with E-state index in [0.29, 0.717) is 6.54 Å². The molecule has 0 spiro atoms. The van der Waals surface area contributed by atoms with Crippen LogP contribution in [-0.4, -0.2) is 36.1 Å². The molecular formula is C15H21NO2. The van der Waals surface area contributed by atoms with Crippen LogP contribution in [0.3, 0.4) is 0 Å². The average Bonchev–Trinajstić information content (AvgIpc) is 2.38. The van der Waals surface area contributed by atoms with Gasteiger partial charge in [0.15, 0.2) is 0 Å². The molecule has 1 heterocycles. The zero-order valence-corrected chi connectivity index (χ0v) is 11.1. The molecule has 18 heavy (non-hydrogen) atoms. The first-order valence-electron chi connectivity index (χ1n) is 6.66. The zero-order chi connectivity index (χ0) is 13.0. The van der Waals surface area contributed by atoms with Gasteiger partial charge < -0.3 is 9.64 Å². The van der Waals surface area contributed by atoms with Gasteiger partial charge in [-0.3, -0.25) is 4.79 Å². The van der Waals surface area contributed by atoms with E-state index in [-0.39, 0.29) is 18.1 Å². The summed E-state index contributed by atoms with van der Waals surface area (Å²) >= 11 is 0. The summed E-state index contributed by atoms with van der Waals surface area (Å²) in [5.74, 6) is 0.118. The van der Waals surface area contributed by atoms with E-state index in [9.17, 15) is 4.79 Å². The number of hydrogen-bond donors (Lipinski definition) is 0. The molecule has 1 unspecified atom stereocenters. The van der Waals surface area contributed by atoms with E-state index >= 15 is 0 Å². The lowest BCUT2D eigenvalue weighted by molar-refractivity contribution is -0.0287. The number of rotatable bonds is 3. The molecule has 1 aromatic carbocycles. The van der Waals surface area contributed by atoms with Gasteiger partial charge in [-0.15, -0.1) is 0 Å². The molecule has 98 valence electrons. The van der Waals surface area contributed by atoms with Crippen LogP contribution in [0.15, 0.2) is 30.3 Å². The van der Waals surface area contributed by atoms with Crippen molar-refractivity contribution in [3.8, 4) is 0 Å². The van der Waals surface area contributed by atoms with Crippen LogP contribution in [0, 0.1) is 0 Å². The molecule has 0 saturated carbocycles. The van der Waals surface area contributed by atoms with Gasteiger partial charge in [0.1, 0.15) is 0 Å². The number of hydrogen-bond acceptors (Lipinski definition) is 2. The van der Waals surface area contributed by atoms with Crippen LogP contribution in [0.1, 0.15) is 37.0 Å². The Morgan fingerprint density at radius 2 is 2.06 bits per heavy atom. The average molecular weight is 247 g/mol. The first kappa shape index (κ1) is 13.1. The van der Waals surface area contributed by atoms with Crippen molar-refractivity contribution >= 4 is 5.91 Å². The monoisotopic (exact) mass is 247 g/mol. The molecule has 0 aliphatic carbocycles. The second kappa shape index (κ2) is 6.01. The Bertz CT molecular complexity index is 389. The standard InChI is InChI=1S/C15H21NO2/c1-12(2)18-14-9-6-10-16(11-14)15(17)13-7-4-3-5-8-13/h3-5,7-8,12,14H,6,9-11H2,1-2H3. The third kappa shape index (κ3) is 3.33. The maximum absolute atomic E-state index is 12.3. The van der Waals surface area contributed by atoms with Crippen LogP contribution in [0.25, 0.3) is 0 Å². The minimum atomic E-state index is 0.118. The Hall–Kier alpha value is -1.35. The summed E-state index contributed by atoms with van der Waals surface area (Å²) < 4.78 is 5.81. The van der Waals surface area contributed by atoms with Gasteiger partial charge in [0.25, 0.3) is 5.91 Å². The van der Waals surface area contributed by atoms with Crippen molar-refractivity contribution in [2.45, 2.75) is 38.9 Å². The highest BCUT2D eigenvalue weighted by Crippen LogP contribution is 2.17. The second-order valence-corrected chi connectivity index (χ2v) is 5.07. The molecule has 0 radical (unpaired) electrons. The molecule has 0 aromatic heterocycles. The van der Waals surface area contributed by atoms with Gasteiger partial charge in [-0.25, -0.2) is 0 Å². The predicted molar refractivity (Wildman–Crippen MR) is 71.6 cm³/mol. The fraction of sp³-hybridized carbons (Fsp3) is 0.533. The number of ether oxygens (including phenoxy) is 1. The number of amides is 1. The van der Waals surface area contributed by atoms with Gasteiger partial charge in [-0.2, -0.15) is 0 Å². The Labute approximate surface area is 109 Å². The molecule has 3 heteroatoms. The van der Waals surface area contributed by atoms with Crippen molar-refractivity contribution in [3.05, 3.63) is 35.9 Å². The summed E-state index contributed by atoms with van der Waals surface area (Å²) in [6.07, 6.45) is 2.49. The number of piperidine rings is 1. The van der Waals surface area contributed by atoms with Crippen LogP contribution in [0.5, 0.6) is 0 Å². The Morgan fingerprint density at radius 1 is 1.33 bits per heavy atom. The maximum Gasteiger partial charge on any atom is 0.253 e. The van der Waals surface area contributed by atoms with Gasteiger partial charge in [0, 0.05) is 18.7 Å². The fourth-order valence-corrected chi connectivity index (χ4v) is 2.38. The molecule has 1 aromatic rings. The van der Waals surface area contributed by atoms with Crippen LogP contribution in [0.2, 0.25) is 0 Å². The number of nitrogens with zero attached hydrogens (tertiary/aromatic N) is 1. The molecule has 1 aliphatic rings. The van der Waals surface area contributed by atoms with E-state index in [1.54, 1.807) is 0 Å². The third-order valence-corrected chi connectivity index (χ3v) is 3.15. The van der Waals surface area contributed by atoms with E-state index in [2.05, 4.69) is 0 Å². The second-order valence-electron chi connectivity index (χ2n) is 5.07. The SMILES string of the molecule is CC(C)OC1CCCN(C(=O)c2ccccc2)C1. The molecule has 1 amide bonds. The summed E-state index contributed by atoms with van der Waals surface area (Å²) in [6.45, 7) is 5.63. The molecule has 1 atom stereocenters. The van der Waals surface area contributed by atoms with Crippen LogP contribution < -0.4 is 0 Å². The fourth-order valence-electron chi connectivity index (χ4n) is 2.38. The topological polar surface area (TPSA) is 29.5 Å². The quantitative estimate of drug-likeness (QED) is 0.822. The van der Waals surface area contributed by atoms with Crippen LogP contribution in [-0.2, 0) is 4.74 Å². The molecular weight excluding hydrogens is 226 g/mol. The highest BCUT2D eigenvalue weighted by atomic mass is 16.5. The number of likely N-dealkylation sites (tertiary alicyclic amines) is 1. The molecule has 3 nitrogen and oxygen atoms in total. The van der Waals surface area contributed by atoms with Crippen LogP contribution >= 0.6 is 0 Å². The Kier molecular flexibility index (Phi) is 4.37. The number of carbonyl (C=O) groups is 1. The summed E-state index contributed by atoms with van der Waals surface area (Å²) in [4.78, 5) is 14.2. The highest BCUT2D eigenvalue weighted by Gasteiger charge is 2.25. The lowest BCUT2D eigenvalue weighted by Gasteiger charge is -2.33. The summed E-state index contributed by atoms with van der Waals surface area (Å²) in [7, 11) is 0. The van der Waals surface area contributed by atoms with Crippen molar-refractivity contribution in [2.24, 2.45) is 0 Å². The van der Waals surface area contributed by atoms with Crippen molar-refractivity contribution in [3.63, 3.8) is 0 Å². The van der Waals surface area contributed by atoms with E-state index in [1.165, 1.54) is 0 Å². The molecule has 2 rings (SSSR count). The Morgan fingerprint density at radius 3 is 2.72 bits per heavy atom. The number of carbonyl (C=O) groups excluding carboxylic acids is 1. The molecule has 0 N–H and O–H groups in total. The number of benzene rings is 1. The first-order chi connectivity index (χ1) is 8.66. The Balaban J connectivity index is 1.98. The van der Waals surface area contributed by atoms with Crippen molar-refractivity contribution in [1.29, 1.82) is 0 Å². The lowest BCUT2D eigenvalue weighted by Crippen LogP contribution is -2.43. The lowest BCUT2D eigenvalue weighted by atomic mass is 10.1. The van der Waals surface area contributed by atoms with Gasteiger partial charge >= 0.3 is 0 Å². The summed E-state index contributed by atoms with van der Waals surface area (Å²) in [5, 5.41) is 0. The van der Waals surface area contributed by atoms with Crippen LogP contribution in [0.4, 0.5) is 0 Å². The van der Waals surface area contributed by atoms with E-state index in [0.717, 1.165) is 24.9 Å². The zero-order valence-electron chi connectivity index (χ0n) is 11.1. The minimum Gasteiger partial charge on any atom is -0.374 e. The minimum absolute atomic E-state index is 0.118. The predicted octanol–water partition coefficient (Wildman–Crippen LogP) is 2.72. The van der Waals surface area contributed by atoms with Gasteiger partial charge in [0.05, 0.1) is 12.2 Å². The third-order valence-electron chi connectivity index (χ3n) is 3.15. The molecule has 0 bridgehead atoms. The first-order valence-corrected chi connectivity index (χ1v) is 6.66. The van der Waals surface area contributed by atoms with Crippen molar-refractivity contribution in [2.75, 3.05) is 13.1 Å². The van der Waals surface area contributed by atoms with E-state index in [4.69, 9.17) is 4.74 Å². The molecule has 1 fully saturated rings. The summed E-state index contributed by atoms with van der Waals surface area (Å²) in [5.41, 5.74) is 0.766. The van der Waals surface area contributed by atoms with E-state index in [1.807, 2.05) is 49.1 Å². The van der Waals surface area contributed by atoms with Gasteiger partial charge in [-0.1, -0.05) is 18.2 Å². The van der Waals surface area contributed by atoms with Crippen molar-refractivity contribution < 1.29 is 9.53 Å². The van der Waals surface area contributed by atoms with Gasteiger partial charge in [0.2, 0.25) is 0 Å². The highest BCUT2D eigenvalue weighted by molar-refractivity contribution is 5.94. The summed E-state index contributed by atoms with van der Waals surface area (Å²) in [6, 6.07) is 9.47. The largest absolute Gasteiger partial charge is 0.374 e. The smallest absolute Gasteiger partial charge is 0.253 e. The normalized spacial score (nSPS) is 20.2. The maximum atomic E-state index is 12.3. The van der Waals surface area contributed by atoms with E-state index < -0.39 is 0 Å².